The number of rotatable bonds is 6. The number of carboxylic acid groups (broad SMARTS) is 1. The van der Waals surface area contributed by atoms with Gasteiger partial charge in [-0.05, 0) is 55.0 Å². The summed E-state index contributed by atoms with van der Waals surface area (Å²) in [7, 11) is 0. The van der Waals surface area contributed by atoms with E-state index in [-0.39, 0.29) is 12.2 Å². The predicted molar refractivity (Wildman–Crippen MR) is 138 cm³/mol. The molecule has 4 atom stereocenters. The van der Waals surface area contributed by atoms with E-state index in [1.807, 2.05) is 24.3 Å². The third kappa shape index (κ3) is 3.47. The number of H-pyrrole nitrogens is 1. The Labute approximate surface area is 217 Å². The molecule has 3 N–H and O–H groups in total. The van der Waals surface area contributed by atoms with E-state index < -0.39 is 41.2 Å². The smallest absolute Gasteiger partial charge is 0.325 e. The first-order chi connectivity index (χ1) is 18.3. The molecule has 2 aliphatic heterocycles. The molecule has 2 amide bonds. The van der Waals surface area contributed by atoms with Gasteiger partial charge in [0, 0.05) is 35.3 Å². The van der Waals surface area contributed by atoms with Crippen molar-refractivity contribution in [2.45, 2.75) is 24.9 Å². The second-order valence-electron chi connectivity index (χ2n) is 9.81. The van der Waals surface area contributed by atoms with Crippen molar-refractivity contribution >= 4 is 40.2 Å². The molecule has 190 valence electrons. The zero-order valence-electron chi connectivity index (χ0n) is 20.4. The maximum absolute atomic E-state index is 14.0. The SMILES string of the molecule is CC(=O)c1ccc(N2C(=O)C3C(c4ccccn4)NC(Cc4c[nH]c5ccccc45)(C(=O)O)C3C2=O)cc1. The number of carbonyl (C=O) groups is 4. The van der Waals surface area contributed by atoms with Crippen molar-refractivity contribution in [1.29, 1.82) is 0 Å². The van der Waals surface area contributed by atoms with E-state index in [2.05, 4.69) is 15.3 Å². The average molecular weight is 509 g/mol. The van der Waals surface area contributed by atoms with E-state index in [1.165, 1.54) is 6.92 Å². The number of ketones is 1. The number of nitrogens with zero attached hydrogens (tertiary/aromatic N) is 2. The molecule has 6 rings (SSSR count). The monoisotopic (exact) mass is 508 g/mol. The topological polar surface area (TPSA) is 132 Å². The molecule has 2 fully saturated rings. The lowest BCUT2D eigenvalue weighted by Crippen LogP contribution is -2.57. The number of aromatic nitrogens is 2. The van der Waals surface area contributed by atoms with Gasteiger partial charge in [0.05, 0.1) is 29.3 Å². The van der Waals surface area contributed by atoms with Gasteiger partial charge < -0.3 is 10.1 Å². The number of carbonyl (C=O) groups excluding carboxylic acids is 3. The summed E-state index contributed by atoms with van der Waals surface area (Å²) in [6, 6.07) is 18.1. The van der Waals surface area contributed by atoms with Crippen molar-refractivity contribution < 1.29 is 24.3 Å². The minimum atomic E-state index is -1.77. The van der Waals surface area contributed by atoms with Gasteiger partial charge in [0.1, 0.15) is 5.54 Å². The molecule has 0 spiro atoms. The molecule has 0 saturated carbocycles. The molecule has 9 heteroatoms. The number of aliphatic carboxylic acids is 1. The number of para-hydroxylation sites is 1. The molecule has 4 aromatic rings. The highest BCUT2D eigenvalue weighted by atomic mass is 16.4. The zero-order chi connectivity index (χ0) is 26.6. The van der Waals surface area contributed by atoms with Gasteiger partial charge in [-0.25, -0.2) is 4.90 Å². The fraction of sp³-hybridized carbons (Fsp3) is 0.207. The number of Topliss-reactive ketones (excluding diaryl/α,β-unsaturated/α-hetero) is 1. The van der Waals surface area contributed by atoms with Crippen LogP contribution in [0, 0.1) is 11.8 Å². The lowest BCUT2D eigenvalue weighted by molar-refractivity contribution is -0.148. The largest absolute Gasteiger partial charge is 0.480 e. The van der Waals surface area contributed by atoms with Crippen LogP contribution in [0.1, 0.15) is 34.6 Å². The summed E-state index contributed by atoms with van der Waals surface area (Å²) in [5.74, 6) is -4.61. The van der Waals surface area contributed by atoms with Crippen LogP contribution >= 0.6 is 0 Å². The van der Waals surface area contributed by atoms with Crippen LogP contribution in [-0.4, -0.2) is 44.2 Å². The van der Waals surface area contributed by atoms with Crippen LogP contribution in [0.5, 0.6) is 0 Å². The lowest BCUT2D eigenvalue weighted by atomic mass is 9.76. The number of pyridine rings is 1. The highest BCUT2D eigenvalue weighted by Gasteiger charge is 2.69. The molecule has 2 aromatic heterocycles. The fourth-order valence-corrected chi connectivity index (χ4v) is 5.93. The van der Waals surface area contributed by atoms with Gasteiger partial charge in [0.15, 0.2) is 5.78 Å². The predicted octanol–water partition coefficient (Wildman–Crippen LogP) is 3.28. The summed E-state index contributed by atoms with van der Waals surface area (Å²) in [5, 5.41) is 14.7. The number of fused-ring (bicyclic) bond motifs is 2. The number of anilines is 1. The Morgan fingerprint density at radius 3 is 2.42 bits per heavy atom. The van der Waals surface area contributed by atoms with Gasteiger partial charge in [-0.2, -0.15) is 0 Å². The summed E-state index contributed by atoms with van der Waals surface area (Å²) in [6.45, 7) is 1.43. The zero-order valence-corrected chi connectivity index (χ0v) is 20.4. The standard InChI is InChI=1S/C29H24N4O5/c1-16(34)17-9-11-19(12-10-17)33-26(35)23-24(27(33)36)29(28(37)38,32-25(23)22-8-4-5-13-30-22)14-18-15-31-21-7-3-2-6-20(18)21/h2-13,15,23-25,31-32H,14H2,1H3,(H,37,38). The highest BCUT2D eigenvalue weighted by Crippen LogP contribution is 2.51. The van der Waals surface area contributed by atoms with Gasteiger partial charge in [-0.1, -0.05) is 24.3 Å². The van der Waals surface area contributed by atoms with Crippen LogP contribution < -0.4 is 10.2 Å². The van der Waals surface area contributed by atoms with Crippen molar-refractivity contribution in [3.05, 3.63) is 95.9 Å². The Bertz CT molecular complexity index is 1600. The van der Waals surface area contributed by atoms with Crippen molar-refractivity contribution in [3.8, 4) is 0 Å². The van der Waals surface area contributed by atoms with Crippen LogP contribution in [0.4, 0.5) is 5.69 Å². The molecule has 4 unspecified atom stereocenters. The molecule has 4 heterocycles. The molecule has 2 aromatic carbocycles. The van der Waals surface area contributed by atoms with E-state index in [0.29, 0.717) is 16.9 Å². The fourth-order valence-electron chi connectivity index (χ4n) is 5.93. The summed E-state index contributed by atoms with van der Waals surface area (Å²) < 4.78 is 0. The highest BCUT2D eigenvalue weighted by molar-refractivity contribution is 6.24. The van der Waals surface area contributed by atoms with Crippen LogP contribution in [-0.2, 0) is 20.8 Å². The van der Waals surface area contributed by atoms with Crippen LogP contribution in [0.2, 0.25) is 0 Å². The summed E-state index contributed by atoms with van der Waals surface area (Å²) >= 11 is 0. The first kappa shape index (κ1) is 23.7. The molecule has 2 aliphatic rings. The van der Waals surface area contributed by atoms with E-state index in [4.69, 9.17) is 0 Å². The van der Waals surface area contributed by atoms with E-state index in [1.54, 1.807) is 54.9 Å². The van der Waals surface area contributed by atoms with E-state index in [9.17, 15) is 24.3 Å². The first-order valence-electron chi connectivity index (χ1n) is 12.3. The quantitative estimate of drug-likeness (QED) is 0.269. The van der Waals surface area contributed by atoms with E-state index >= 15 is 0 Å². The van der Waals surface area contributed by atoms with Crippen molar-refractivity contribution in [2.75, 3.05) is 4.90 Å². The number of imide groups is 1. The first-order valence-corrected chi connectivity index (χ1v) is 12.3. The number of benzene rings is 2. The van der Waals surface area contributed by atoms with Crippen molar-refractivity contribution in [2.24, 2.45) is 11.8 Å². The average Bonchev–Trinajstić information content (AvgIpc) is 3.57. The summed E-state index contributed by atoms with van der Waals surface area (Å²) in [4.78, 5) is 61.4. The molecule has 38 heavy (non-hydrogen) atoms. The summed E-state index contributed by atoms with van der Waals surface area (Å²) in [5.41, 5.74) is 1.03. The molecule has 9 nitrogen and oxygen atoms in total. The third-order valence-corrected chi connectivity index (χ3v) is 7.72. The molecule has 0 bridgehead atoms. The number of nitrogens with one attached hydrogen (secondary N) is 2. The Morgan fingerprint density at radius 1 is 1.00 bits per heavy atom. The van der Waals surface area contributed by atoms with Gasteiger partial charge in [0.25, 0.3) is 0 Å². The number of hydrogen-bond acceptors (Lipinski definition) is 6. The van der Waals surface area contributed by atoms with Crippen LogP contribution in [0.15, 0.2) is 79.1 Å². The normalized spacial score (nSPS) is 24.7. The molecular weight excluding hydrogens is 484 g/mol. The third-order valence-electron chi connectivity index (χ3n) is 7.72. The van der Waals surface area contributed by atoms with E-state index in [0.717, 1.165) is 21.4 Å². The number of aromatic amines is 1. The van der Waals surface area contributed by atoms with Crippen molar-refractivity contribution in [3.63, 3.8) is 0 Å². The Hall–Kier alpha value is -4.63. The Morgan fingerprint density at radius 2 is 1.74 bits per heavy atom. The lowest BCUT2D eigenvalue weighted by Gasteiger charge is -2.31. The molecular formula is C29H24N4O5. The second kappa shape index (κ2) is 8.74. The van der Waals surface area contributed by atoms with Gasteiger partial charge >= 0.3 is 5.97 Å². The number of carboxylic acids is 1. The number of amides is 2. The van der Waals surface area contributed by atoms with Crippen molar-refractivity contribution in [1.82, 2.24) is 15.3 Å². The minimum Gasteiger partial charge on any atom is -0.480 e. The van der Waals surface area contributed by atoms with Gasteiger partial charge in [0.2, 0.25) is 11.8 Å². The van der Waals surface area contributed by atoms with Crippen LogP contribution in [0.25, 0.3) is 10.9 Å². The molecule has 0 aliphatic carbocycles. The summed E-state index contributed by atoms with van der Waals surface area (Å²) in [6.07, 6.45) is 3.30. The van der Waals surface area contributed by atoms with Gasteiger partial charge in [-0.3, -0.25) is 29.5 Å². The Balaban J connectivity index is 1.49. The molecule has 2 saturated heterocycles. The minimum absolute atomic E-state index is 0.0209. The molecule has 0 radical (unpaired) electrons. The van der Waals surface area contributed by atoms with Gasteiger partial charge in [-0.15, -0.1) is 0 Å². The maximum atomic E-state index is 14.0. The number of hydrogen-bond donors (Lipinski definition) is 3. The second-order valence-corrected chi connectivity index (χ2v) is 9.81. The van der Waals surface area contributed by atoms with Crippen LogP contribution in [0.3, 0.4) is 0 Å². The maximum Gasteiger partial charge on any atom is 0.325 e. The Kier molecular flexibility index (Phi) is 5.46.